The third kappa shape index (κ3) is 10.6. The largest absolute Gasteiger partial charge is 0.345 e. The minimum atomic E-state index is 0.270. The van der Waals surface area contributed by atoms with Gasteiger partial charge in [0.05, 0.1) is 0 Å². The molecule has 0 spiro atoms. The van der Waals surface area contributed by atoms with Gasteiger partial charge in [-0.3, -0.25) is 4.79 Å². The molecular weight excluding hydrogens is 268 g/mol. The Labute approximate surface area is 130 Å². The van der Waals surface area contributed by atoms with Crippen LogP contribution in [0.5, 0.6) is 0 Å². The van der Waals surface area contributed by atoms with E-state index in [0.717, 1.165) is 18.8 Å². The van der Waals surface area contributed by atoms with Crippen molar-refractivity contribution < 1.29 is 4.79 Å². The summed E-state index contributed by atoms with van der Waals surface area (Å²) in [6, 6.07) is 0. The second-order valence-corrected chi connectivity index (χ2v) is 8.92. The van der Waals surface area contributed by atoms with Crippen LogP contribution in [0.3, 0.4) is 0 Å². The maximum atomic E-state index is 12.3. The Hall–Kier alpha value is -0.220. The fourth-order valence-electron chi connectivity index (χ4n) is 1.95. The number of carbonyl (C=O) groups is 1. The summed E-state index contributed by atoms with van der Waals surface area (Å²) in [5.74, 6) is 1.89. The smallest absolute Gasteiger partial charge is 0.223 e. The molecular formula is C16H34N2OS. The number of amides is 1. The lowest BCUT2D eigenvalue weighted by molar-refractivity contribution is -0.130. The molecule has 0 radical (unpaired) electrons. The monoisotopic (exact) mass is 302 g/mol. The SMILES string of the molecule is CC(C)CN(C)C(=O)CC(CN(C)C)SCC(C)(C)C. The molecule has 0 aliphatic carbocycles. The predicted octanol–water partition coefficient (Wildman–Crippen LogP) is 3.20. The zero-order chi connectivity index (χ0) is 15.9. The van der Waals surface area contributed by atoms with E-state index in [0.29, 0.717) is 23.0 Å². The number of thioether (sulfide) groups is 1. The Kier molecular flexibility index (Phi) is 8.83. The molecule has 20 heavy (non-hydrogen) atoms. The molecule has 1 unspecified atom stereocenters. The Morgan fingerprint density at radius 3 is 2.05 bits per heavy atom. The van der Waals surface area contributed by atoms with Gasteiger partial charge in [0.2, 0.25) is 5.91 Å². The van der Waals surface area contributed by atoms with E-state index in [1.165, 1.54) is 0 Å². The highest BCUT2D eigenvalue weighted by molar-refractivity contribution is 8.00. The normalized spacial score (nSPS) is 13.9. The summed E-state index contributed by atoms with van der Waals surface area (Å²) in [4.78, 5) is 16.3. The molecule has 1 atom stereocenters. The first kappa shape index (κ1) is 19.8. The van der Waals surface area contributed by atoms with Crippen LogP contribution in [0, 0.1) is 11.3 Å². The Bertz CT molecular complexity index is 285. The van der Waals surface area contributed by atoms with Gasteiger partial charge in [0.25, 0.3) is 0 Å². The molecule has 0 aromatic carbocycles. The van der Waals surface area contributed by atoms with Gasteiger partial charge in [-0.25, -0.2) is 0 Å². The maximum absolute atomic E-state index is 12.3. The van der Waals surface area contributed by atoms with Crippen LogP contribution in [0.2, 0.25) is 0 Å². The molecule has 0 saturated carbocycles. The lowest BCUT2D eigenvalue weighted by Crippen LogP contribution is -2.35. The second kappa shape index (κ2) is 8.93. The highest BCUT2D eigenvalue weighted by atomic mass is 32.2. The molecule has 0 aliphatic heterocycles. The summed E-state index contributed by atoms with van der Waals surface area (Å²) in [7, 11) is 6.07. The first-order chi connectivity index (χ1) is 9.01. The van der Waals surface area contributed by atoms with E-state index in [2.05, 4.69) is 53.6 Å². The van der Waals surface area contributed by atoms with Gasteiger partial charge in [-0.1, -0.05) is 34.6 Å². The minimum absolute atomic E-state index is 0.270. The Morgan fingerprint density at radius 1 is 1.10 bits per heavy atom. The van der Waals surface area contributed by atoms with Crippen molar-refractivity contribution in [3.63, 3.8) is 0 Å². The minimum Gasteiger partial charge on any atom is -0.345 e. The van der Waals surface area contributed by atoms with Gasteiger partial charge in [0.15, 0.2) is 0 Å². The van der Waals surface area contributed by atoms with Crippen molar-refractivity contribution in [2.24, 2.45) is 11.3 Å². The van der Waals surface area contributed by atoms with Crippen molar-refractivity contribution in [3.8, 4) is 0 Å². The summed E-state index contributed by atoms with van der Waals surface area (Å²) in [6.45, 7) is 12.8. The van der Waals surface area contributed by atoms with Gasteiger partial charge in [0, 0.05) is 31.8 Å². The predicted molar refractivity (Wildman–Crippen MR) is 91.3 cm³/mol. The molecule has 0 aromatic heterocycles. The van der Waals surface area contributed by atoms with Gasteiger partial charge >= 0.3 is 0 Å². The van der Waals surface area contributed by atoms with Crippen molar-refractivity contribution in [1.82, 2.24) is 9.80 Å². The standard InChI is InChI=1S/C16H34N2OS/c1-13(2)10-18(8)15(19)9-14(11-17(6)7)20-12-16(3,4)5/h13-14H,9-12H2,1-8H3. The molecule has 0 bridgehead atoms. The van der Waals surface area contributed by atoms with E-state index >= 15 is 0 Å². The summed E-state index contributed by atoms with van der Waals surface area (Å²) in [6.07, 6.45) is 0.641. The van der Waals surface area contributed by atoms with Gasteiger partial charge in [-0.15, -0.1) is 0 Å². The average molecular weight is 303 g/mol. The number of hydrogen-bond acceptors (Lipinski definition) is 3. The first-order valence-electron chi connectivity index (χ1n) is 7.51. The van der Waals surface area contributed by atoms with E-state index in [1.54, 1.807) is 0 Å². The van der Waals surface area contributed by atoms with Crippen LogP contribution >= 0.6 is 11.8 Å². The van der Waals surface area contributed by atoms with E-state index in [9.17, 15) is 4.79 Å². The molecule has 3 nitrogen and oxygen atoms in total. The Balaban J connectivity index is 4.44. The van der Waals surface area contributed by atoms with Crippen molar-refractivity contribution >= 4 is 17.7 Å². The number of hydrogen-bond donors (Lipinski definition) is 0. The van der Waals surface area contributed by atoms with Crippen LogP contribution < -0.4 is 0 Å². The van der Waals surface area contributed by atoms with E-state index in [1.807, 2.05) is 23.7 Å². The number of rotatable bonds is 8. The van der Waals surface area contributed by atoms with E-state index < -0.39 is 0 Å². The average Bonchev–Trinajstić information content (AvgIpc) is 2.23. The molecule has 0 N–H and O–H groups in total. The quantitative estimate of drug-likeness (QED) is 0.688. The van der Waals surface area contributed by atoms with Crippen LogP contribution in [-0.4, -0.2) is 60.9 Å². The molecule has 120 valence electrons. The molecule has 1 amide bonds. The van der Waals surface area contributed by atoms with Crippen LogP contribution in [0.1, 0.15) is 41.0 Å². The highest BCUT2D eigenvalue weighted by Crippen LogP contribution is 2.26. The molecule has 0 aromatic rings. The van der Waals surface area contributed by atoms with Crippen LogP contribution in [0.25, 0.3) is 0 Å². The molecule has 0 saturated heterocycles. The Morgan fingerprint density at radius 2 is 1.65 bits per heavy atom. The summed E-state index contributed by atoms with van der Waals surface area (Å²) in [5, 5.41) is 0.381. The zero-order valence-corrected chi connectivity index (χ0v) is 15.5. The summed E-state index contributed by atoms with van der Waals surface area (Å²) in [5.41, 5.74) is 0.308. The van der Waals surface area contributed by atoms with Gasteiger partial charge in [-0.2, -0.15) is 11.8 Å². The molecule has 4 heteroatoms. The van der Waals surface area contributed by atoms with E-state index in [4.69, 9.17) is 0 Å². The lowest BCUT2D eigenvalue weighted by atomic mass is 10.0. The third-order valence-electron chi connectivity index (χ3n) is 2.79. The molecule has 0 heterocycles. The van der Waals surface area contributed by atoms with Crippen LogP contribution in [-0.2, 0) is 4.79 Å². The summed E-state index contributed by atoms with van der Waals surface area (Å²) >= 11 is 1.93. The fourth-order valence-corrected chi connectivity index (χ4v) is 3.35. The van der Waals surface area contributed by atoms with Crippen LogP contribution in [0.4, 0.5) is 0 Å². The van der Waals surface area contributed by atoms with Gasteiger partial charge < -0.3 is 9.80 Å². The van der Waals surface area contributed by atoms with Gasteiger partial charge in [-0.05, 0) is 31.2 Å². The molecule has 0 fully saturated rings. The highest BCUT2D eigenvalue weighted by Gasteiger charge is 2.21. The topological polar surface area (TPSA) is 23.6 Å². The zero-order valence-electron chi connectivity index (χ0n) is 14.7. The third-order valence-corrected chi connectivity index (χ3v) is 4.61. The van der Waals surface area contributed by atoms with Crippen molar-refractivity contribution in [2.45, 2.75) is 46.3 Å². The fraction of sp³-hybridized carbons (Fsp3) is 0.938. The number of nitrogens with zero attached hydrogens (tertiary/aromatic N) is 2. The van der Waals surface area contributed by atoms with Crippen molar-refractivity contribution in [2.75, 3.05) is 40.0 Å². The van der Waals surface area contributed by atoms with Crippen LogP contribution in [0.15, 0.2) is 0 Å². The second-order valence-electron chi connectivity index (χ2n) is 7.63. The molecule has 0 aliphatic rings. The molecule has 0 rings (SSSR count). The maximum Gasteiger partial charge on any atom is 0.223 e. The van der Waals surface area contributed by atoms with Gasteiger partial charge in [0.1, 0.15) is 0 Å². The first-order valence-corrected chi connectivity index (χ1v) is 8.56. The van der Waals surface area contributed by atoms with Crippen molar-refractivity contribution in [3.05, 3.63) is 0 Å². The van der Waals surface area contributed by atoms with Crippen molar-refractivity contribution in [1.29, 1.82) is 0 Å². The summed E-state index contributed by atoms with van der Waals surface area (Å²) < 4.78 is 0. The number of carbonyl (C=O) groups excluding carboxylic acids is 1. The van der Waals surface area contributed by atoms with E-state index in [-0.39, 0.29) is 5.91 Å². The lowest BCUT2D eigenvalue weighted by Gasteiger charge is -2.27.